The van der Waals surface area contributed by atoms with Gasteiger partial charge in [0.15, 0.2) is 6.61 Å². The predicted molar refractivity (Wildman–Crippen MR) is 83.2 cm³/mol. The minimum Gasteiger partial charge on any atom is -0.482 e. The molecule has 0 spiro atoms. The fourth-order valence-corrected chi connectivity index (χ4v) is 2.49. The molecule has 108 valence electrons. The summed E-state index contributed by atoms with van der Waals surface area (Å²) in [5.74, 6) is 0.592. The van der Waals surface area contributed by atoms with E-state index in [0.717, 1.165) is 15.7 Å². The van der Waals surface area contributed by atoms with Crippen LogP contribution in [0.2, 0.25) is 0 Å². The van der Waals surface area contributed by atoms with Gasteiger partial charge in [-0.05, 0) is 23.8 Å². The first kappa shape index (κ1) is 14.1. The Morgan fingerprint density at radius 2 is 2.00 bits per heavy atom. The van der Waals surface area contributed by atoms with Gasteiger partial charge in [0, 0.05) is 4.47 Å². The van der Waals surface area contributed by atoms with Crippen LogP contribution in [0, 0.1) is 0 Å². The molecule has 0 unspecified atom stereocenters. The van der Waals surface area contributed by atoms with Gasteiger partial charge in [-0.15, -0.1) is 0 Å². The number of nitrogens with zero attached hydrogens (tertiary/aromatic N) is 1. The van der Waals surface area contributed by atoms with Gasteiger partial charge in [0.2, 0.25) is 0 Å². The van der Waals surface area contributed by atoms with E-state index in [1.54, 1.807) is 4.90 Å². The van der Waals surface area contributed by atoms with Crippen molar-refractivity contribution in [3.05, 3.63) is 58.6 Å². The zero-order valence-electron chi connectivity index (χ0n) is 11.3. The van der Waals surface area contributed by atoms with E-state index in [2.05, 4.69) is 15.9 Å². The third-order valence-electron chi connectivity index (χ3n) is 3.20. The average Bonchev–Trinajstić information content (AvgIpc) is 2.50. The summed E-state index contributed by atoms with van der Waals surface area (Å²) in [6, 6.07) is 15.5. The van der Waals surface area contributed by atoms with Crippen LogP contribution in [-0.4, -0.2) is 19.2 Å². The van der Waals surface area contributed by atoms with Crippen molar-refractivity contribution in [1.29, 1.82) is 0 Å². The summed E-state index contributed by atoms with van der Waals surface area (Å²) < 4.78 is 12.0. The van der Waals surface area contributed by atoms with Crippen molar-refractivity contribution in [3.63, 3.8) is 0 Å². The molecule has 3 rings (SSSR count). The maximum absolute atomic E-state index is 12.0. The lowest BCUT2D eigenvalue weighted by atomic mass is 10.2. The Kier molecular flexibility index (Phi) is 4.22. The molecule has 0 fully saturated rings. The number of rotatable bonds is 4. The second-order valence-corrected chi connectivity index (χ2v) is 5.60. The van der Waals surface area contributed by atoms with Gasteiger partial charge in [0.05, 0.1) is 12.3 Å². The minimum absolute atomic E-state index is 0.0450. The molecule has 0 radical (unpaired) electrons. The van der Waals surface area contributed by atoms with Crippen LogP contribution in [-0.2, 0) is 16.1 Å². The molecule has 2 aromatic carbocycles. The molecular weight excluding hydrogens is 334 g/mol. The average molecular weight is 348 g/mol. The summed E-state index contributed by atoms with van der Waals surface area (Å²) in [6.45, 7) is 0.721. The number of fused-ring (bicyclic) bond motifs is 1. The van der Waals surface area contributed by atoms with Gasteiger partial charge in [-0.1, -0.05) is 46.3 Å². The number of carbonyl (C=O) groups is 1. The van der Waals surface area contributed by atoms with Crippen LogP contribution < -0.4 is 9.64 Å². The molecule has 5 heteroatoms. The molecule has 1 aliphatic rings. The summed E-state index contributed by atoms with van der Waals surface area (Å²) in [7, 11) is 0. The monoisotopic (exact) mass is 347 g/mol. The standard InChI is InChI=1S/C16H14BrNO3/c17-13-6-7-15-14(8-13)18(16(19)10-21-15)11-20-9-12-4-2-1-3-5-12/h1-8H,9-11H2. The van der Waals surface area contributed by atoms with Crippen molar-refractivity contribution in [2.24, 2.45) is 0 Å². The summed E-state index contributed by atoms with van der Waals surface area (Å²) in [6.07, 6.45) is 0. The molecule has 1 amide bonds. The summed E-state index contributed by atoms with van der Waals surface area (Å²) in [5.41, 5.74) is 1.81. The fraction of sp³-hybridized carbons (Fsp3) is 0.188. The highest BCUT2D eigenvalue weighted by molar-refractivity contribution is 9.10. The Labute approximate surface area is 131 Å². The summed E-state index contributed by atoms with van der Waals surface area (Å²) in [4.78, 5) is 13.6. The highest BCUT2D eigenvalue weighted by atomic mass is 79.9. The number of carbonyl (C=O) groups excluding carboxylic acids is 1. The number of hydrogen-bond acceptors (Lipinski definition) is 3. The first-order valence-electron chi connectivity index (χ1n) is 6.58. The Bertz CT molecular complexity index is 645. The van der Waals surface area contributed by atoms with Crippen molar-refractivity contribution in [1.82, 2.24) is 0 Å². The van der Waals surface area contributed by atoms with Crippen LogP contribution in [0.5, 0.6) is 5.75 Å². The first-order chi connectivity index (χ1) is 10.2. The van der Waals surface area contributed by atoms with E-state index in [4.69, 9.17) is 9.47 Å². The quantitative estimate of drug-likeness (QED) is 0.851. The summed E-state index contributed by atoms with van der Waals surface area (Å²) >= 11 is 3.41. The fourth-order valence-electron chi connectivity index (χ4n) is 2.15. The lowest BCUT2D eigenvalue weighted by Gasteiger charge is -2.29. The third kappa shape index (κ3) is 3.25. The van der Waals surface area contributed by atoms with Crippen molar-refractivity contribution < 1.29 is 14.3 Å². The maximum atomic E-state index is 12.0. The van der Waals surface area contributed by atoms with Crippen LogP contribution in [0.3, 0.4) is 0 Å². The molecule has 0 saturated heterocycles. The number of hydrogen-bond donors (Lipinski definition) is 0. The van der Waals surface area contributed by atoms with Crippen LogP contribution >= 0.6 is 15.9 Å². The molecule has 0 N–H and O–H groups in total. The second kappa shape index (κ2) is 6.28. The Balaban J connectivity index is 1.70. The molecule has 0 aromatic heterocycles. The van der Waals surface area contributed by atoms with E-state index in [0.29, 0.717) is 12.4 Å². The predicted octanol–water partition coefficient (Wildman–Crippen LogP) is 3.35. The number of anilines is 1. The molecule has 21 heavy (non-hydrogen) atoms. The van der Waals surface area contributed by atoms with Gasteiger partial charge in [-0.3, -0.25) is 9.69 Å². The minimum atomic E-state index is -0.103. The molecule has 1 heterocycles. The van der Waals surface area contributed by atoms with E-state index in [1.807, 2.05) is 48.5 Å². The number of amides is 1. The lowest BCUT2D eigenvalue weighted by Crippen LogP contribution is -2.40. The van der Waals surface area contributed by atoms with Gasteiger partial charge >= 0.3 is 0 Å². The normalized spacial score (nSPS) is 13.8. The largest absolute Gasteiger partial charge is 0.482 e. The molecule has 0 saturated carbocycles. The smallest absolute Gasteiger partial charge is 0.266 e. The van der Waals surface area contributed by atoms with Crippen LogP contribution in [0.25, 0.3) is 0 Å². The molecule has 0 atom stereocenters. The van der Waals surface area contributed by atoms with Gasteiger partial charge < -0.3 is 9.47 Å². The Morgan fingerprint density at radius 1 is 1.19 bits per heavy atom. The molecule has 0 aliphatic carbocycles. The van der Waals surface area contributed by atoms with Crippen molar-refractivity contribution in [2.45, 2.75) is 6.61 Å². The van der Waals surface area contributed by atoms with E-state index in [-0.39, 0.29) is 19.2 Å². The van der Waals surface area contributed by atoms with Crippen LogP contribution in [0.1, 0.15) is 5.56 Å². The molecular formula is C16H14BrNO3. The van der Waals surface area contributed by atoms with Crippen molar-refractivity contribution in [3.8, 4) is 5.75 Å². The molecule has 4 nitrogen and oxygen atoms in total. The highest BCUT2D eigenvalue weighted by Crippen LogP contribution is 2.34. The summed E-state index contributed by atoms with van der Waals surface area (Å²) in [5, 5.41) is 0. The van der Waals surface area contributed by atoms with E-state index < -0.39 is 0 Å². The molecule has 0 bridgehead atoms. The van der Waals surface area contributed by atoms with Gasteiger partial charge in [-0.25, -0.2) is 0 Å². The van der Waals surface area contributed by atoms with E-state index >= 15 is 0 Å². The van der Waals surface area contributed by atoms with Gasteiger partial charge in [0.1, 0.15) is 12.5 Å². The SMILES string of the molecule is O=C1COc2ccc(Br)cc2N1COCc1ccccc1. The number of ether oxygens (including phenoxy) is 2. The second-order valence-electron chi connectivity index (χ2n) is 4.69. The Morgan fingerprint density at radius 3 is 2.81 bits per heavy atom. The number of halogens is 1. The van der Waals surface area contributed by atoms with Crippen molar-refractivity contribution >= 4 is 27.5 Å². The van der Waals surface area contributed by atoms with Gasteiger partial charge in [-0.2, -0.15) is 0 Å². The number of benzene rings is 2. The lowest BCUT2D eigenvalue weighted by molar-refractivity contribution is -0.122. The zero-order valence-corrected chi connectivity index (χ0v) is 12.9. The highest BCUT2D eigenvalue weighted by Gasteiger charge is 2.25. The topological polar surface area (TPSA) is 38.8 Å². The molecule has 1 aliphatic heterocycles. The van der Waals surface area contributed by atoms with E-state index in [9.17, 15) is 4.79 Å². The zero-order chi connectivity index (χ0) is 14.7. The third-order valence-corrected chi connectivity index (χ3v) is 3.69. The van der Waals surface area contributed by atoms with Gasteiger partial charge in [0.25, 0.3) is 5.91 Å². The van der Waals surface area contributed by atoms with Crippen LogP contribution in [0.4, 0.5) is 5.69 Å². The van der Waals surface area contributed by atoms with Crippen LogP contribution in [0.15, 0.2) is 53.0 Å². The Hall–Kier alpha value is -1.85. The first-order valence-corrected chi connectivity index (χ1v) is 7.38. The van der Waals surface area contributed by atoms with Crippen molar-refractivity contribution in [2.75, 3.05) is 18.2 Å². The maximum Gasteiger partial charge on any atom is 0.266 e. The van der Waals surface area contributed by atoms with E-state index in [1.165, 1.54) is 0 Å². The molecule has 2 aromatic rings.